The van der Waals surface area contributed by atoms with E-state index in [1.54, 1.807) is 25.1 Å². The highest BCUT2D eigenvalue weighted by atomic mass is 16.4. The third-order valence-corrected chi connectivity index (χ3v) is 1.91. The Morgan fingerprint density at radius 2 is 2.36 bits per heavy atom. The summed E-state index contributed by atoms with van der Waals surface area (Å²) in [5.41, 5.74) is 7.27. The molecule has 0 radical (unpaired) electrons. The Morgan fingerprint density at radius 1 is 1.57 bits per heavy atom. The van der Waals surface area contributed by atoms with Crippen LogP contribution in [0, 0.1) is 6.92 Å². The molecule has 1 aromatic carbocycles. The lowest BCUT2D eigenvalue weighted by Crippen LogP contribution is -2.13. The van der Waals surface area contributed by atoms with Crippen molar-refractivity contribution in [2.24, 2.45) is 10.9 Å². The topological polar surface area (TPSA) is 84.6 Å². The lowest BCUT2D eigenvalue weighted by atomic mass is 10.2. The summed E-state index contributed by atoms with van der Waals surface area (Å²) >= 11 is 0. The maximum Gasteiger partial charge on any atom is 0.192 e. The Kier molecular flexibility index (Phi) is 1.85. The second-order valence-corrected chi connectivity index (χ2v) is 2.87. The minimum Gasteiger partial charge on any atom is -0.440 e. The number of amidine groups is 1. The molecular formula is C9H9N3O2. The van der Waals surface area contributed by atoms with Gasteiger partial charge in [0.2, 0.25) is 0 Å². The summed E-state index contributed by atoms with van der Waals surface area (Å²) in [6.07, 6.45) is 0. The molecule has 0 aliphatic carbocycles. The first-order valence-corrected chi connectivity index (χ1v) is 4.06. The molecule has 72 valence electrons. The zero-order chi connectivity index (χ0) is 10.1. The second-order valence-electron chi connectivity index (χ2n) is 2.87. The lowest BCUT2D eigenvalue weighted by Gasteiger charge is -1.97. The van der Waals surface area contributed by atoms with Gasteiger partial charge < -0.3 is 15.4 Å². The van der Waals surface area contributed by atoms with Crippen molar-refractivity contribution in [2.75, 3.05) is 0 Å². The molecule has 0 saturated heterocycles. The molecule has 0 spiro atoms. The summed E-state index contributed by atoms with van der Waals surface area (Å²) in [7, 11) is 0. The van der Waals surface area contributed by atoms with Gasteiger partial charge >= 0.3 is 0 Å². The van der Waals surface area contributed by atoms with Crippen molar-refractivity contribution in [1.82, 2.24) is 4.98 Å². The summed E-state index contributed by atoms with van der Waals surface area (Å²) in [6, 6.07) is 5.29. The van der Waals surface area contributed by atoms with E-state index in [1.807, 2.05) is 0 Å². The van der Waals surface area contributed by atoms with Crippen LogP contribution in [0.4, 0.5) is 0 Å². The van der Waals surface area contributed by atoms with Gasteiger partial charge in [-0.3, -0.25) is 0 Å². The van der Waals surface area contributed by atoms with E-state index < -0.39 is 0 Å². The van der Waals surface area contributed by atoms with Crippen molar-refractivity contribution in [3.8, 4) is 0 Å². The first-order chi connectivity index (χ1) is 6.72. The molecule has 0 saturated carbocycles. The highest BCUT2D eigenvalue weighted by molar-refractivity contribution is 6.06. The fourth-order valence-electron chi connectivity index (χ4n) is 1.32. The number of aromatic nitrogens is 1. The molecule has 0 bridgehead atoms. The van der Waals surface area contributed by atoms with E-state index >= 15 is 0 Å². The van der Waals surface area contributed by atoms with Gasteiger partial charge in [0, 0.05) is 6.92 Å². The van der Waals surface area contributed by atoms with E-state index in [2.05, 4.69) is 10.1 Å². The van der Waals surface area contributed by atoms with E-state index in [9.17, 15) is 0 Å². The van der Waals surface area contributed by atoms with E-state index in [0.717, 1.165) is 0 Å². The molecule has 0 atom stereocenters. The maximum atomic E-state index is 8.56. The van der Waals surface area contributed by atoms with Crippen molar-refractivity contribution in [2.45, 2.75) is 6.92 Å². The lowest BCUT2D eigenvalue weighted by molar-refractivity contribution is 0.318. The third kappa shape index (κ3) is 1.19. The van der Waals surface area contributed by atoms with Crippen LogP contribution in [0.5, 0.6) is 0 Å². The Bertz CT molecular complexity index is 502. The van der Waals surface area contributed by atoms with Crippen LogP contribution < -0.4 is 5.73 Å². The summed E-state index contributed by atoms with van der Waals surface area (Å²) in [4.78, 5) is 4.13. The van der Waals surface area contributed by atoms with Crippen molar-refractivity contribution in [1.29, 1.82) is 0 Å². The maximum absolute atomic E-state index is 8.56. The Labute approximate surface area is 79.8 Å². The minimum atomic E-state index is 0.0201. The molecule has 0 amide bonds. The number of para-hydroxylation sites is 1. The molecule has 2 aromatic rings. The summed E-state index contributed by atoms with van der Waals surface area (Å²) in [5.74, 6) is 0.574. The average molecular weight is 191 g/mol. The highest BCUT2D eigenvalue weighted by Crippen LogP contribution is 2.19. The standard InChI is InChI=1S/C9H9N3O2/c1-5-11-7-4-2-3-6(8(7)14-5)9(10)12-13/h2-4,13H,1H3,(H2,10,12). The Morgan fingerprint density at radius 3 is 3.07 bits per heavy atom. The van der Waals surface area contributed by atoms with Crippen LogP contribution in [-0.4, -0.2) is 16.0 Å². The quantitative estimate of drug-likeness (QED) is 0.307. The minimum absolute atomic E-state index is 0.0201. The molecule has 14 heavy (non-hydrogen) atoms. The number of nitrogens with two attached hydrogens (primary N) is 1. The van der Waals surface area contributed by atoms with Crippen molar-refractivity contribution in [3.05, 3.63) is 29.7 Å². The Balaban J connectivity index is 2.76. The van der Waals surface area contributed by atoms with Gasteiger partial charge in [-0.05, 0) is 12.1 Å². The molecule has 3 N–H and O–H groups in total. The number of fused-ring (bicyclic) bond motifs is 1. The summed E-state index contributed by atoms with van der Waals surface area (Å²) in [6.45, 7) is 1.75. The molecule has 5 heteroatoms. The molecule has 0 unspecified atom stereocenters. The smallest absolute Gasteiger partial charge is 0.192 e. The van der Waals surface area contributed by atoms with Crippen LogP contribution in [-0.2, 0) is 0 Å². The molecule has 2 rings (SSSR count). The van der Waals surface area contributed by atoms with Gasteiger partial charge in [0.05, 0.1) is 5.56 Å². The fraction of sp³-hybridized carbons (Fsp3) is 0.111. The summed E-state index contributed by atoms with van der Waals surface area (Å²) in [5, 5.41) is 11.5. The molecule has 5 nitrogen and oxygen atoms in total. The third-order valence-electron chi connectivity index (χ3n) is 1.91. The van der Waals surface area contributed by atoms with E-state index in [-0.39, 0.29) is 5.84 Å². The number of oxime groups is 1. The van der Waals surface area contributed by atoms with Crippen LogP contribution in [0.15, 0.2) is 27.8 Å². The highest BCUT2D eigenvalue weighted by Gasteiger charge is 2.10. The number of rotatable bonds is 1. The summed E-state index contributed by atoms with van der Waals surface area (Å²) < 4.78 is 5.34. The number of aryl methyl sites for hydroxylation is 1. The van der Waals surface area contributed by atoms with Gasteiger partial charge in [-0.15, -0.1) is 0 Å². The molecule has 0 fully saturated rings. The SMILES string of the molecule is Cc1nc2cccc(/C(N)=N\O)c2o1. The predicted molar refractivity (Wildman–Crippen MR) is 51.3 cm³/mol. The normalized spacial score (nSPS) is 12.2. The molecular weight excluding hydrogens is 182 g/mol. The van der Waals surface area contributed by atoms with Gasteiger partial charge in [0.15, 0.2) is 17.3 Å². The van der Waals surface area contributed by atoms with Crippen LogP contribution >= 0.6 is 0 Å². The second kappa shape index (κ2) is 3.02. The fourth-order valence-corrected chi connectivity index (χ4v) is 1.32. The van der Waals surface area contributed by atoms with Crippen LogP contribution in [0.25, 0.3) is 11.1 Å². The monoisotopic (exact) mass is 191 g/mol. The first-order valence-electron chi connectivity index (χ1n) is 4.06. The van der Waals surface area contributed by atoms with Gasteiger partial charge in [0.25, 0.3) is 0 Å². The largest absolute Gasteiger partial charge is 0.440 e. The number of hydrogen-bond donors (Lipinski definition) is 2. The molecule has 0 aliphatic heterocycles. The van der Waals surface area contributed by atoms with Crippen LogP contribution in [0.2, 0.25) is 0 Å². The first kappa shape index (κ1) is 8.55. The van der Waals surface area contributed by atoms with Crippen molar-refractivity contribution in [3.63, 3.8) is 0 Å². The number of nitrogens with zero attached hydrogens (tertiary/aromatic N) is 2. The van der Waals surface area contributed by atoms with Crippen molar-refractivity contribution >= 4 is 16.9 Å². The molecule has 0 aliphatic rings. The Hall–Kier alpha value is -2.04. The van der Waals surface area contributed by atoms with Gasteiger partial charge in [0.1, 0.15) is 5.52 Å². The molecule has 1 aromatic heterocycles. The zero-order valence-electron chi connectivity index (χ0n) is 7.56. The van der Waals surface area contributed by atoms with Gasteiger partial charge in [-0.2, -0.15) is 0 Å². The van der Waals surface area contributed by atoms with Crippen LogP contribution in [0.1, 0.15) is 11.5 Å². The molecule has 1 heterocycles. The van der Waals surface area contributed by atoms with Gasteiger partial charge in [-0.1, -0.05) is 11.2 Å². The number of benzene rings is 1. The number of hydrogen-bond acceptors (Lipinski definition) is 4. The average Bonchev–Trinajstić information content (AvgIpc) is 2.56. The van der Waals surface area contributed by atoms with E-state index in [0.29, 0.717) is 22.6 Å². The van der Waals surface area contributed by atoms with Gasteiger partial charge in [-0.25, -0.2) is 4.98 Å². The number of oxazole rings is 1. The van der Waals surface area contributed by atoms with Crippen molar-refractivity contribution < 1.29 is 9.62 Å². The predicted octanol–water partition coefficient (Wildman–Crippen LogP) is 1.23. The van der Waals surface area contributed by atoms with E-state index in [4.69, 9.17) is 15.4 Å². The zero-order valence-corrected chi connectivity index (χ0v) is 7.56. The van der Waals surface area contributed by atoms with E-state index in [1.165, 1.54) is 0 Å². The van der Waals surface area contributed by atoms with Crippen LogP contribution in [0.3, 0.4) is 0 Å².